The molecule has 5 rings (SSSR count). The topological polar surface area (TPSA) is 102 Å². The van der Waals surface area contributed by atoms with Gasteiger partial charge in [0.1, 0.15) is 12.4 Å². The fourth-order valence-corrected chi connectivity index (χ4v) is 3.62. The van der Waals surface area contributed by atoms with E-state index >= 15 is 0 Å². The van der Waals surface area contributed by atoms with E-state index in [1.165, 1.54) is 6.33 Å². The number of aliphatic hydroxyl groups excluding tert-OH is 1. The molecule has 0 aliphatic heterocycles. The summed E-state index contributed by atoms with van der Waals surface area (Å²) in [7, 11) is 0. The zero-order chi connectivity index (χ0) is 19.1. The molecule has 0 unspecified atom stereocenters. The minimum Gasteiger partial charge on any atom is -0.385 e. The van der Waals surface area contributed by atoms with E-state index in [0.29, 0.717) is 12.4 Å². The van der Waals surface area contributed by atoms with Gasteiger partial charge in [-0.05, 0) is 38.0 Å². The molecular weight excluding hydrogens is 356 g/mol. The van der Waals surface area contributed by atoms with Crippen molar-refractivity contribution in [2.45, 2.75) is 31.5 Å². The average molecular weight is 376 g/mol. The molecule has 1 saturated carbocycles. The zero-order valence-corrected chi connectivity index (χ0v) is 15.4. The Morgan fingerprint density at radius 3 is 2.89 bits per heavy atom. The highest BCUT2D eigenvalue weighted by Gasteiger charge is 2.50. The molecule has 8 heteroatoms. The largest absolute Gasteiger partial charge is 0.385 e. The summed E-state index contributed by atoms with van der Waals surface area (Å²) < 4.78 is 7.56. The first-order chi connectivity index (χ1) is 13.7. The van der Waals surface area contributed by atoms with Gasteiger partial charge in [0, 0.05) is 29.3 Å². The number of aromatic nitrogens is 6. The molecule has 2 N–H and O–H groups in total. The van der Waals surface area contributed by atoms with Crippen LogP contribution in [-0.2, 0) is 4.74 Å². The lowest BCUT2D eigenvalue weighted by Crippen LogP contribution is -2.24. The summed E-state index contributed by atoms with van der Waals surface area (Å²) in [5.74, 6) is 0.697. The molecule has 3 aromatic heterocycles. The van der Waals surface area contributed by atoms with Crippen LogP contribution < -0.4 is 0 Å². The van der Waals surface area contributed by atoms with E-state index < -0.39 is 11.7 Å². The summed E-state index contributed by atoms with van der Waals surface area (Å²) in [4.78, 5) is 8.78. The quantitative estimate of drug-likeness (QED) is 0.536. The summed E-state index contributed by atoms with van der Waals surface area (Å²) in [6, 6.07) is 9.78. The minimum atomic E-state index is -0.678. The van der Waals surface area contributed by atoms with Gasteiger partial charge in [-0.2, -0.15) is 10.2 Å². The van der Waals surface area contributed by atoms with Gasteiger partial charge in [0.2, 0.25) is 0 Å². The molecule has 3 heterocycles. The summed E-state index contributed by atoms with van der Waals surface area (Å²) in [5.41, 5.74) is 2.82. The molecule has 0 saturated heterocycles. The highest BCUT2D eigenvalue weighted by molar-refractivity contribution is 5.77. The van der Waals surface area contributed by atoms with Gasteiger partial charge in [0.15, 0.2) is 11.5 Å². The van der Waals surface area contributed by atoms with Crippen LogP contribution in [0.3, 0.4) is 0 Å². The Labute approximate surface area is 161 Å². The van der Waals surface area contributed by atoms with Gasteiger partial charge < -0.3 is 9.84 Å². The van der Waals surface area contributed by atoms with E-state index in [1.807, 2.05) is 37.3 Å². The molecule has 0 spiro atoms. The molecule has 0 bridgehead atoms. The number of nitrogens with zero attached hydrogens (tertiary/aromatic N) is 5. The number of pyridine rings is 1. The Balaban J connectivity index is 1.50. The van der Waals surface area contributed by atoms with Gasteiger partial charge in [-0.25, -0.2) is 14.6 Å². The Morgan fingerprint density at radius 2 is 2.14 bits per heavy atom. The van der Waals surface area contributed by atoms with Crippen molar-refractivity contribution in [3.05, 3.63) is 54.6 Å². The molecule has 28 heavy (non-hydrogen) atoms. The van der Waals surface area contributed by atoms with E-state index in [9.17, 15) is 5.11 Å². The molecule has 1 aliphatic rings. The molecule has 4 aromatic rings. The van der Waals surface area contributed by atoms with Crippen LogP contribution in [0, 0.1) is 0 Å². The number of H-pyrrole nitrogens is 1. The zero-order valence-electron chi connectivity index (χ0n) is 15.4. The Morgan fingerprint density at radius 1 is 1.25 bits per heavy atom. The monoisotopic (exact) mass is 376 g/mol. The summed E-state index contributed by atoms with van der Waals surface area (Å²) >= 11 is 0. The van der Waals surface area contributed by atoms with Gasteiger partial charge in [-0.3, -0.25) is 5.10 Å². The third kappa shape index (κ3) is 2.78. The molecule has 0 radical (unpaired) electrons. The third-order valence-electron chi connectivity index (χ3n) is 5.20. The predicted octanol–water partition coefficient (Wildman–Crippen LogP) is 2.81. The standard InChI is InChI=1S/C20H20N6O2/c1-2-28-20(6-7-20)17(27)14-8-15-11-24-26(19(15)21-10-14)16-5-3-4-13(9-16)18-22-12-23-25-18/h3-5,8-12,17,27H,2,6-7H2,1H3,(H,22,23,25)/t17-/m0/s1. The van der Waals surface area contributed by atoms with Gasteiger partial charge in [0.25, 0.3) is 0 Å². The Kier molecular flexibility index (Phi) is 3.96. The number of nitrogens with one attached hydrogen (secondary N) is 1. The maximum Gasteiger partial charge on any atom is 0.162 e. The van der Waals surface area contributed by atoms with Gasteiger partial charge in [-0.1, -0.05) is 12.1 Å². The molecule has 1 fully saturated rings. The van der Waals surface area contributed by atoms with Crippen LogP contribution >= 0.6 is 0 Å². The maximum absolute atomic E-state index is 10.8. The lowest BCUT2D eigenvalue weighted by Gasteiger charge is -2.22. The normalized spacial score (nSPS) is 16.4. The van der Waals surface area contributed by atoms with Crippen LogP contribution in [-0.4, -0.2) is 47.3 Å². The van der Waals surface area contributed by atoms with Crippen molar-refractivity contribution in [2.24, 2.45) is 0 Å². The van der Waals surface area contributed by atoms with Crippen molar-refractivity contribution < 1.29 is 9.84 Å². The second-order valence-corrected chi connectivity index (χ2v) is 7.02. The lowest BCUT2D eigenvalue weighted by atomic mass is 10.0. The number of aromatic amines is 1. The van der Waals surface area contributed by atoms with E-state index in [0.717, 1.165) is 40.7 Å². The fourth-order valence-electron chi connectivity index (χ4n) is 3.62. The molecule has 142 valence electrons. The SMILES string of the molecule is CCOC1([C@@H](O)c2cnc3c(cnn3-c3cccc(-c4ncn[nH]4)c3)c2)CC1. The Hall–Kier alpha value is -3.10. The molecule has 1 atom stereocenters. The number of aliphatic hydroxyl groups is 1. The minimum absolute atomic E-state index is 0.453. The number of fused-ring (bicyclic) bond motifs is 1. The van der Waals surface area contributed by atoms with Crippen LogP contribution in [0.1, 0.15) is 31.4 Å². The fraction of sp³-hybridized carbons (Fsp3) is 0.300. The first kappa shape index (κ1) is 17.0. The second-order valence-electron chi connectivity index (χ2n) is 7.02. The van der Waals surface area contributed by atoms with Crippen LogP contribution in [0.2, 0.25) is 0 Å². The van der Waals surface area contributed by atoms with Crippen LogP contribution in [0.4, 0.5) is 0 Å². The van der Waals surface area contributed by atoms with Crippen molar-refractivity contribution in [1.29, 1.82) is 0 Å². The number of ether oxygens (including phenoxy) is 1. The van der Waals surface area contributed by atoms with Crippen molar-refractivity contribution in [1.82, 2.24) is 29.9 Å². The molecule has 1 aliphatic carbocycles. The first-order valence-corrected chi connectivity index (χ1v) is 9.32. The number of rotatable bonds is 6. The van der Waals surface area contributed by atoms with Gasteiger partial charge >= 0.3 is 0 Å². The first-order valence-electron chi connectivity index (χ1n) is 9.32. The predicted molar refractivity (Wildman–Crippen MR) is 103 cm³/mol. The van der Waals surface area contributed by atoms with Crippen LogP contribution in [0.5, 0.6) is 0 Å². The Bertz CT molecular complexity index is 1120. The number of hydrogen-bond donors (Lipinski definition) is 2. The van der Waals surface area contributed by atoms with E-state index in [2.05, 4.69) is 25.3 Å². The van der Waals surface area contributed by atoms with Crippen molar-refractivity contribution in [3.63, 3.8) is 0 Å². The average Bonchev–Trinajstić information content (AvgIpc) is 3.15. The second kappa shape index (κ2) is 6.50. The van der Waals surface area contributed by atoms with Crippen molar-refractivity contribution in [3.8, 4) is 17.1 Å². The summed E-state index contributed by atoms with van der Waals surface area (Å²) in [6.07, 6.45) is 6.02. The van der Waals surface area contributed by atoms with Crippen LogP contribution in [0.25, 0.3) is 28.1 Å². The maximum atomic E-state index is 10.8. The molecule has 1 aromatic carbocycles. The highest BCUT2D eigenvalue weighted by atomic mass is 16.5. The summed E-state index contributed by atoms with van der Waals surface area (Å²) in [6.45, 7) is 2.54. The highest BCUT2D eigenvalue weighted by Crippen LogP contribution is 2.49. The van der Waals surface area contributed by atoms with Crippen molar-refractivity contribution >= 4 is 11.0 Å². The third-order valence-corrected chi connectivity index (χ3v) is 5.20. The van der Waals surface area contributed by atoms with E-state index in [-0.39, 0.29) is 0 Å². The molecule has 8 nitrogen and oxygen atoms in total. The van der Waals surface area contributed by atoms with E-state index in [1.54, 1.807) is 17.1 Å². The van der Waals surface area contributed by atoms with E-state index in [4.69, 9.17) is 4.74 Å². The number of hydrogen-bond acceptors (Lipinski definition) is 6. The summed E-state index contributed by atoms with van der Waals surface area (Å²) in [5, 5.41) is 22.9. The smallest absolute Gasteiger partial charge is 0.162 e. The van der Waals surface area contributed by atoms with Gasteiger partial charge in [0.05, 0.1) is 17.5 Å². The van der Waals surface area contributed by atoms with Crippen molar-refractivity contribution in [2.75, 3.05) is 6.61 Å². The lowest BCUT2D eigenvalue weighted by molar-refractivity contribution is -0.0542. The molecule has 0 amide bonds. The van der Waals surface area contributed by atoms with Crippen LogP contribution in [0.15, 0.2) is 49.1 Å². The van der Waals surface area contributed by atoms with Gasteiger partial charge in [-0.15, -0.1) is 0 Å². The number of benzene rings is 1. The molecular formula is C20H20N6O2.